The second kappa shape index (κ2) is 7.81. The summed E-state index contributed by atoms with van der Waals surface area (Å²) in [5.41, 5.74) is 4.48. The number of aryl methyl sites for hydroxylation is 1. The van der Waals surface area contributed by atoms with Crippen molar-refractivity contribution in [2.45, 2.75) is 31.8 Å². The van der Waals surface area contributed by atoms with Crippen LogP contribution in [0.15, 0.2) is 54.9 Å². The first kappa shape index (κ1) is 19.8. The largest absolute Gasteiger partial charge is 0.381 e. The van der Waals surface area contributed by atoms with Gasteiger partial charge in [0.15, 0.2) is 0 Å². The van der Waals surface area contributed by atoms with Crippen LogP contribution in [0.2, 0.25) is 0 Å². The van der Waals surface area contributed by atoms with E-state index in [1.54, 1.807) is 12.3 Å². The van der Waals surface area contributed by atoms with Crippen LogP contribution < -0.4 is 4.90 Å². The summed E-state index contributed by atoms with van der Waals surface area (Å²) in [7, 11) is 0. The smallest absolute Gasteiger partial charge is 0.325 e. The standard InChI is InChI=1S/C24H25FN4O2/c1-17-12-21(25)5-2-19(17)15-29-23(30)28(16-24(29)8-10-31-11-9-24)22-6-3-18(4-7-22)20-13-26-27-14-20/h2-7,12-14H,8-11,15-16H2,1H3,(H,26,27). The number of hydrogen-bond donors (Lipinski definition) is 1. The number of aromatic amines is 1. The molecule has 160 valence electrons. The Labute approximate surface area is 180 Å². The van der Waals surface area contributed by atoms with Crippen molar-refractivity contribution in [3.8, 4) is 11.1 Å². The maximum atomic E-state index is 13.6. The molecule has 1 spiro atoms. The Morgan fingerprint density at radius 2 is 1.90 bits per heavy atom. The molecule has 0 saturated carbocycles. The summed E-state index contributed by atoms with van der Waals surface area (Å²) in [6, 6.07) is 12.8. The van der Waals surface area contributed by atoms with Crippen LogP contribution in [-0.2, 0) is 11.3 Å². The molecule has 0 atom stereocenters. The van der Waals surface area contributed by atoms with Crippen molar-refractivity contribution in [1.29, 1.82) is 0 Å². The Morgan fingerprint density at radius 1 is 1.13 bits per heavy atom. The Hall–Kier alpha value is -3.19. The molecule has 5 rings (SSSR count). The summed E-state index contributed by atoms with van der Waals surface area (Å²) in [5, 5.41) is 6.82. The molecule has 2 aliphatic heterocycles. The molecule has 31 heavy (non-hydrogen) atoms. The molecule has 0 aliphatic carbocycles. The molecular formula is C24H25FN4O2. The quantitative estimate of drug-likeness (QED) is 0.675. The molecule has 1 N–H and O–H groups in total. The van der Waals surface area contributed by atoms with E-state index in [9.17, 15) is 9.18 Å². The van der Waals surface area contributed by atoms with E-state index in [1.165, 1.54) is 12.1 Å². The van der Waals surface area contributed by atoms with Gasteiger partial charge in [0.2, 0.25) is 0 Å². The van der Waals surface area contributed by atoms with E-state index in [0.29, 0.717) is 26.3 Å². The van der Waals surface area contributed by atoms with Crippen molar-refractivity contribution in [2.24, 2.45) is 0 Å². The maximum Gasteiger partial charge on any atom is 0.325 e. The molecule has 2 saturated heterocycles. The van der Waals surface area contributed by atoms with Gasteiger partial charge in [-0.2, -0.15) is 5.10 Å². The average molecular weight is 420 g/mol. The van der Waals surface area contributed by atoms with Gasteiger partial charge in [-0.25, -0.2) is 9.18 Å². The third-order valence-electron chi connectivity index (χ3n) is 6.55. The van der Waals surface area contributed by atoms with E-state index in [0.717, 1.165) is 40.8 Å². The van der Waals surface area contributed by atoms with Crippen LogP contribution in [0, 0.1) is 12.7 Å². The lowest BCUT2D eigenvalue weighted by Gasteiger charge is -2.40. The second-order valence-electron chi connectivity index (χ2n) is 8.40. The fraction of sp³-hybridized carbons (Fsp3) is 0.333. The maximum absolute atomic E-state index is 13.6. The van der Waals surface area contributed by atoms with Crippen LogP contribution >= 0.6 is 0 Å². The molecule has 2 amide bonds. The fourth-order valence-electron chi connectivity index (χ4n) is 4.66. The van der Waals surface area contributed by atoms with Gasteiger partial charge in [0.1, 0.15) is 5.82 Å². The molecular weight excluding hydrogens is 395 g/mol. The van der Waals surface area contributed by atoms with Gasteiger partial charge in [0, 0.05) is 37.2 Å². The summed E-state index contributed by atoms with van der Waals surface area (Å²) < 4.78 is 19.2. The van der Waals surface area contributed by atoms with Crippen LogP contribution in [-0.4, -0.2) is 46.4 Å². The highest BCUT2D eigenvalue weighted by Gasteiger charge is 2.50. The van der Waals surface area contributed by atoms with Crippen LogP contribution in [0.25, 0.3) is 11.1 Å². The van der Waals surface area contributed by atoms with Crippen molar-refractivity contribution < 1.29 is 13.9 Å². The highest BCUT2D eigenvalue weighted by molar-refractivity contribution is 5.95. The molecule has 1 aromatic heterocycles. The third-order valence-corrected chi connectivity index (χ3v) is 6.55. The van der Waals surface area contributed by atoms with Gasteiger partial charge >= 0.3 is 6.03 Å². The minimum Gasteiger partial charge on any atom is -0.381 e. The van der Waals surface area contributed by atoms with Gasteiger partial charge in [-0.15, -0.1) is 0 Å². The summed E-state index contributed by atoms with van der Waals surface area (Å²) in [5.74, 6) is -0.255. The summed E-state index contributed by atoms with van der Waals surface area (Å²) in [4.78, 5) is 17.4. The molecule has 0 unspecified atom stereocenters. The number of amides is 2. The molecule has 6 nitrogen and oxygen atoms in total. The highest BCUT2D eigenvalue weighted by Crippen LogP contribution is 2.39. The Kier molecular flexibility index (Phi) is 4.98. The van der Waals surface area contributed by atoms with Crippen molar-refractivity contribution >= 4 is 11.7 Å². The number of urea groups is 1. The van der Waals surface area contributed by atoms with Gasteiger partial charge in [-0.05, 0) is 60.7 Å². The predicted octanol–water partition coefficient (Wildman–Crippen LogP) is 4.52. The summed E-state index contributed by atoms with van der Waals surface area (Å²) in [6.07, 6.45) is 5.21. The number of hydrogen-bond acceptors (Lipinski definition) is 3. The lowest BCUT2D eigenvalue weighted by atomic mass is 9.88. The first-order chi connectivity index (χ1) is 15.1. The number of nitrogens with zero attached hydrogens (tertiary/aromatic N) is 3. The zero-order valence-electron chi connectivity index (χ0n) is 17.5. The van der Waals surface area contributed by atoms with Gasteiger partial charge < -0.3 is 9.64 Å². The van der Waals surface area contributed by atoms with E-state index in [2.05, 4.69) is 10.2 Å². The number of carbonyl (C=O) groups is 1. The van der Waals surface area contributed by atoms with Crippen molar-refractivity contribution in [3.05, 3.63) is 71.8 Å². The van der Waals surface area contributed by atoms with E-state index >= 15 is 0 Å². The van der Waals surface area contributed by atoms with Gasteiger partial charge in [-0.1, -0.05) is 18.2 Å². The van der Waals surface area contributed by atoms with Crippen molar-refractivity contribution in [3.63, 3.8) is 0 Å². The highest BCUT2D eigenvalue weighted by atomic mass is 19.1. The topological polar surface area (TPSA) is 61.5 Å². The van der Waals surface area contributed by atoms with Gasteiger partial charge in [0.25, 0.3) is 0 Å². The Bertz CT molecular complexity index is 1080. The number of benzene rings is 2. The number of ether oxygens (including phenoxy) is 1. The van der Waals surface area contributed by atoms with Gasteiger partial charge in [-0.3, -0.25) is 10.00 Å². The Balaban J connectivity index is 1.45. The zero-order valence-corrected chi connectivity index (χ0v) is 17.5. The minimum atomic E-state index is -0.278. The zero-order chi connectivity index (χ0) is 21.4. The second-order valence-corrected chi connectivity index (χ2v) is 8.40. The fourth-order valence-corrected chi connectivity index (χ4v) is 4.66. The molecule has 7 heteroatoms. The lowest BCUT2D eigenvalue weighted by Crippen LogP contribution is -2.50. The van der Waals surface area contributed by atoms with E-state index in [4.69, 9.17) is 4.74 Å². The number of halogens is 1. The molecule has 2 fully saturated rings. The van der Waals surface area contributed by atoms with Crippen LogP contribution in [0.1, 0.15) is 24.0 Å². The predicted molar refractivity (Wildman–Crippen MR) is 116 cm³/mol. The molecule has 0 radical (unpaired) electrons. The molecule has 2 aliphatic rings. The minimum absolute atomic E-state index is 0.0123. The van der Waals surface area contributed by atoms with Crippen molar-refractivity contribution in [2.75, 3.05) is 24.7 Å². The SMILES string of the molecule is Cc1cc(F)ccc1CN1C(=O)N(c2ccc(-c3cn[nH]c3)cc2)CC12CCOCC2. The van der Waals surface area contributed by atoms with Crippen LogP contribution in [0.5, 0.6) is 0 Å². The number of anilines is 1. The van der Waals surface area contributed by atoms with E-state index in [-0.39, 0.29) is 17.4 Å². The van der Waals surface area contributed by atoms with Crippen molar-refractivity contribution in [1.82, 2.24) is 15.1 Å². The Morgan fingerprint density at radius 3 is 2.58 bits per heavy atom. The summed E-state index contributed by atoms with van der Waals surface area (Å²) in [6.45, 7) is 4.26. The lowest BCUT2D eigenvalue weighted by molar-refractivity contribution is 0.00606. The third kappa shape index (κ3) is 3.59. The monoisotopic (exact) mass is 420 g/mol. The number of aromatic nitrogens is 2. The average Bonchev–Trinajstić information content (AvgIpc) is 3.40. The molecule has 3 aromatic rings. The van der Waals surface area contributed by atoms with Crippen LogP contribution in [0.4, 0.5) is 14.9 Å². The van der Waals surface area contributed by atoms with Gasteiger partial charge in [0.05, 0.1) is 18.3 Å². The molecule has 0 bridgehead atoms. The number of H-pyrrole nitrogens is 1. The van der Waals surface area contributed by atoms with E-state index < -0.39 is 0 Å². The van der Waals surface area contributed by atoms with Crippen LogP contribution in [0.3, 0.4) is 0 Å². The molecule has 3 heterocycles. The number of rotatable bonds is 4. The summed E-state index contributed by atoms with van der Waals surface area (Å²) >= 11 is 0. The van der Waals surface area contributed by atoms with E-state index in [1.807, 2.05) is 47.2 Å². The first-order valence-electron chi connectivity index (χ1n) is 10.6. The first-order valence-corrected chi connectivity index (χ1v) is 10.6. The normalized spacial score (nSPS) is 18.2. The number of carbonyl (C=O) groups excluding carboxylic acids is 1. The molecule has 2 aromatic carbocycles. The number of nitrogens with one attached hydrogen (secondary N) is 1.